The summed E-state index contributed by atoms with van der Waals surface area (Å²) < 4.78 is 12.5. The van der Waals surface area contributed by atoms with Crippen molar-refractivity contribution in [3.8, 4) is 22.6 Å². The lowest BCUT2D eigenvalue weighted by Crippen LogP contribution is -2.07. The zero-order valence-corrected chi connectivity index (χ0v) is 14.8. The fourth-order valence-electron chi connectivity index (χ4n) is 2.96. The standard InChI is InChI=1S/C20H18N4O3/c1-26-9-10-27-16-6-4-14(5-7-16)17-12-24(15-3-2-8-21-11-15)19-18(17)20(25)23-13-22-19/h2-8,11-13H,9-10H2,1H3,(H,22,23,25). The summed E-state index contributed by atoms with van der Waals surface area (Å²) in [7, 11) is 1.63. The average Bonchev–Trinajstić information content (AvgIpc) is 3.10. The lowest BCUT2D eigenvalue weighted by Gasteiger charge is -2.06. The van der Waals surface area contributed by atoms with Crippen molar-refractivity contribution >= 4 is 11.0 Å². The highest BCUT2D eigenvalue weighted by atomic mass is 16.5. The van der Waals surface area contributed by atoms with Gasteiger partial charge in [0.2, 0.25) is 0 Å². The summed E-state index contributed by atoms with van der Waals surface area (Å²) in [4.78, 5) is 23.7. The zero-order valence-electron chi connectivity index (χ0n) is 14.8. The van der Waals surface area contributed by atoms with E-state index in [0.29, 0.717) is 24.2 Å². The van der Waals surface area contributed by atoms with E-state index in [9.17, 15) is 4.79 Å². The number of hydrogen-bond acceptors (Lipinski definition) is 5. The number of nitrogens with zero attached hydrogens (tertiary/aromatic N) is 3. The molecule has 3 aromatic heterocycles. The summed E-state index contributed by atoms with van der Waals surface area (Å²) in [5.74, 6) is 0.749. The van der Waals surface area contributed by atoms with Crippen LogP contribution < -0.4 is 10.3 Å². The van der Waals surface area contributed by atoms with Crippen LogP contribution in [0.15, 0.2) is 66.1 Å². The van der Waals surface area contributed by atoms with Crippen molar-refractivity contribution in [2.75, 3.05) is 20.3 Å². The fraction of sp³-hybridized carbons (Fsp3) is 0.150. The summed E-state index contributed by atoms with van der Waals surface area (Å²) in [6.45, 7) is 1.02. The molecule has 1 aromatic carbocycles. The minimum atomic E-state index is -0.182. The Kier molecular flexibility index (Phi) is 4.67. The number of H-pyrrole nitrogens is 1. The second kappa shape index (κ2) is 7.43. The van der Waals surface area contributed by atoms with Gasteiger partial charge in [0.25, 0.3) is 5.56 Å². The molecular formula is C20H18N4O3. The second-order valence-electron chi connectivity index (χ2n) is 5.92. The number of benzene rings is 1. The molecule has 0 saturated heterocycles. The molecule has 0 aliphatic carbocycles. The van der Waals surface area contributed by atoms with Crippen LogP contribution in [-0.2, 0) is 4.74 Å². The number of fused-ring (bicyclic) bond motifs is 1. The van der Waals surface area contributed by atoms with Gasteiger partial charge in [-0.25, -0.2) is 4.98 Å². The number of aromatic amines is 1. The minimum Gasteiger partial charge on any atom is -0.491 e. The topological polar surface area (TPSA) is 82.0 Å². The molecule has 136 valence electrons. The van der Waals surface area contributed by atoms with Crippen LogP contribution in [0.5, 0.6) is 5.75 Å². The van der Waals surface area contributed by atoms with E-state index in [-0.39, 0.29) is 5.56 Å². The Morgan fingerprint density at radius 2 is 2.00 bits per heavy atom. The predicted molar refractivity (Wildman–Crippen MR) is 102 cm³/mol. The number of nitrogens with one attached hydrogen (secondary N) is 1. The van der Waals surface area contributed by atoms with Gasteiger partial charge in [0.05, 0.1) is 30.2 Å². The second-order valence-corrected chi connectivity index (χ2v) is 5.92. The van der Waals surface area contributed by atoms with E-state index in [2.05, 4.69) is 15.0 Å². The Bertz CT molecular complexity index is 1100. The van der Waals surface area contributed by atoms with E-state index in [0.717, 1.165) is 22.6 Å². The smallest absolute Gasteiger partial charge is 0.260 e. The third kappa shape index (κ3) is 3.32. The third-order valence-corrected chi connectivity index (χ3v) is 4.23. The first-order chi connectivity index (χ1) is 13.3. The molecule has 0 amide bonds. The van der Waals surface area contributed by atoms with Crippen LogP contribution in [0, 0.1) is 0 Å². The highest BCUT2D eigenvalue weighted by molar-refractivity contribution is 5.94. The number of pyridine rings is 1. The molecule has 4 rings (SSSR count). The van der Waals surface area contributed by atoms with Gasteiger partial charge in [0.1, 0.15) is 12.4 Å². The molecule has 1 N–H and O–H groups in total. The van der Waals surface area contributed by atoms with Crippen molar-refractivity contribution in [1.82, 2.24) is 19.5 Å². The Morgan fingerprint density at radius 1 is 1.15 bits per heavy atom. The number of methoxy groups -OCH3 is 1. The van der Waals surface area contributed by atoms with E-state index < -0.39 is 0 Å². The fourth-order valence-corrected chi connectivity index (χ4v) is 2.96. The molecule has 0 fully saturated rings. The number of ether oxygens (including phenoxy) is 2. The molecule has 4 aromatic rings. The average molecular weight is 362 g/mol. The molecule has 0 saturated carbocycles. The predicted octanol–water partition coefficient (Wildman–Crippen LogP) is 2.80. The zero-order chi connectivity index (χ0) is 18.6. The van der Waals surface area contributed by atoms with E-state index >= 15 is 0 Å². The third-order valence-electron chi connectivity index (χ3n) is 4.23. The van der Waals surface area contributed by atoms with Crippen LogP contribution >= 0.6 is 0 Å². The first-order valence-electron chi connectivity index (χ1n) is 8.49. The first kappa shape index (κ1) is 17.0. The summed E-state index contributed by atoms with van der Waals surface area (Å²) in [5, 5.41) is 0.536. The highest BCUT2D eigenvalue weighted by Gasteiger charge is 2.15. The normalized spacial score (nSPS) is 11.0. The summed E-state index contributed by atoms with van der Waals surface area (Å²) in [6.07, 6.45) is 6.76. The molecule has 0 spiro atoms. The van der Waals surface area contributed by atoms with Crippen molar-refractivity contribution in [1.29, 1.82) is 0 Å². The van der Waals surface area contributed by atoms with Gasteiger partial charge >= 0.3 is 0 Å². The largest absolute Gasteiger partial charge is 0.491 e. The molecule has 0 bridgehead atoms. The number of rotatable bonds is 6. The van der Waals surface area contributed by atoms with Gasteiger partial charge in [-0.2, -0.15) is 0 Å². The summed E-state index contributed by atoms with van der Waals surface area (Å²) in [5.41, 5.74) is 2.94. The number of hydrogen-bond donors (Lipinski definition) is 1. The van der Waals surface area contributed by atoms with Crippen LogP contribution in [0.25, 0.3) is 27.8 Å². The van der Waals surface area contributed by atoms with Gasteiger partial charge in [-0.3, -0.25) is 14.3 Å². The maximum Gasteiger partial charge on any atom is 0.260 e. The van der Waals surface area contributed by atoms with Gasteiger partial charge in [-0.05, 0) is 29.8 Å². The van der Waals surface area contributed by atoms with Crippen LogP contribution in [0.2, 0.25) is 0 Å². The Hall–Kier alpha value is -3.45. The monoisotopic (exact) mass is 362 g/mol. The van der Waals surface area contributed by atoms with Gasteiger partial charge < -0.3 is 14.5 Å². The molecule has 7 heteroatoms. The molecule has 0 atom stereocenters. The molecular weight excluding hydrogens is 344 g/mol. The molecule has 27 heavy (non-hydrogen) atoms. The van der Waals surface area contributed by atoms with E-state index in [1.165, 1.54) is 6.33 Å². The van der Waals surface area contributed by atoms with E-state index in [1.54, 1.807) is 19.5 Å². The van der Waals surface area contributed by atoms with Gasteiger partial charge in [0.15, 0.2) is 5.65 Å². The Labute approximate surface area is 155 Å². The van der Waals surface area contributed by atoms with Crippen molar-refractivity contribution < 1.29 is 9.47 Å². The van der Waals surface area contributed by atoms with Crippen LogP contribution in [-0.4, -0.2) is 39.8 Å². The van der Waals surface area contributed by atoms with Gasteiger partial charge in [-0.15, -0.1) is 0 Å². The highest BCUT2D eigenvalue weighted by Crippen LogP contribution is 2.30. The Balaban J connectivity index is 1.79. The molecule has 3 heterocycles. The lowest BCUT2D eigenvalue weighted by atomic mass is 10.1. The van der Waals surface area contributed by atoms with Gasteiger partial charge in [0, 0.05) is 25.1 Å². The van der Waals surface area contributed by atoms with Gasteiger partial charge in [-0.1, -0.05) is 12.1 Å². The van der Waals surface area contributed by atoms with Crippen molar-refractivity contribution in [3.63, 3.8) is 0 Å². The SMILES string of the molecule is COCCOc1ccc(-c2cn(-c3cccnc3)c3nc[nH]c(=O)c23)cc1. The molecule has 0 aliphatic rings. The first-order valence-corrected chi connectivity index (χ1v) is 8.49. The van der Waals surface area contributed by atoms with E-state index in [4.69, 9.17) is 9.47 Å². The molecule has 0 aliphatic heterocycles. The van der Waals surface area contributed by atoms with Crippen LogP contribution in [0.4, 0.5) is 0 Å². The Morgan fingerprint density at radius 3 is 2.74 bits per heavy atom. The summed E-state index contributed by atoms with van der Waals surface area (Å²) >= 11 is 0. The van der Waals surface area contributed by atoms with Crippen LogP contribution in [0.1, 0.15) is 0 Å². The molecule has 0 unspecified atom stereocenters. The maximum absolute atomic E-state index is 12.5. The molecule has 0 radical (unpaired) electrons. The maximum atomic E-state index is 12.5. The number of aromatic nitrogens is 4. The summed E-state index contributed by atoms with van der Waals surface area (Å²) in [6, 6.07) is 11.4. The van der Waals surface area contributed by atoms with Crippen molar-refractivity contribution in [2.24, 2.45) is 0 Å². The van der Waals surface area contributed by atoms with Crippen molar-refractivity contribution in [3.05, 3.63) is 71.7 Å². The van der Waals surface area contributed by atoms with Crippen LogP contribution in [0.3, 0.4) is 0 Å². The van der Waals surface area contributed by atoms with E-state index in [1.807, 2.05) is 47.2 Å². The lowest BCUT2D eigenvalue weighted by molar-refractivity contribution is 0.146. The molecule has 7 nitrogen and oxygen atoms in total. The minimum absolute atomic E-state index is 0.182. The quantitative estimate of drug-likeness (QED) is 0.533. The van der Waals surface area contributed by atoms with Crippen molar-refractivity contribution in [2.45, 2.75) is 0 Å².